The smallest absolute Gasteiger partial charge is 0.238 e. The minimum Gasteiger partial charge on any atom is -0.368 e. The zero-order valence-electron chi connectivity index (χ0n) is 11.5. The highest BCUT2D eigenvalue weighted by Gasteiger charge is 2.14. The summed E-state index contributed by atoms with van der Waals surface area (Å²) in [4.78, 5) is 11.3. The summed E-state index contributed by atoms with van der Waals surface area (Å²) >= 11 is 0. The van der Waals surface area contributed by atoms with Gasteiger partial charge in [-0.15, -0.1) is 0 Å². The maximum atomic E-state index is 11.3. The Labute approximate surface area is 119 Å². The molecule has 112 valence electrons. The third kappa shape index (κ3) is 5.28. The van der Waals surface area contributed by atoms with Crippen LogP contribution in [0.2, 0.25) is 0 Å². The summed E-state index contributed by atoms with van der Waals surface area (Å²) in [5.74, 6) is -0.375. The van der Waals surface area contributed by atoms with Crippen LogP contribution in [0.1, 0.15) is 31.7 Å². The van der Waals surface area contributed by atoms with Crippen LogP contribution in [0, 0.1) is 0 Å². The molecule has 1 amide bonds. The van der Waals surface area contributed by atoms with E-state index in [-0.39, 0.29) is 16.8 Å². The van der Waals surface area contributed by atoms with Crippen molar-refractivity contribution >= 4 is 15.9 Å². The molecule has 0 heterocycles. The lowest BCUT2D eigenvalue weighted by Gasteiger charge is -2.15. The first-order valence-corrected chi connectivity index (χ1v) is 8.03. The standard InChI is InChI=1S/C13H21N3O3S/c1-2-3-4-12(13(14)17)16-9-10-5-7-11(8-6-10)20(15,18)19/h5-8,12,16H,2-4,9H2,1H3,(H2,14,17)(H2,15,18,19). The number of carbonyl (C=O) groups excluding carboxylic acids is 1. The second-order valence-corrected chi connectivity index (χ2v) is 6.23. The molecule has 0 aromatic heterocycles. The predicted octanol–water partition coefficient (Wildman–Crippen LogP) is 0.468. The minimum atomic E-state index is -3.67. The van der Waals surface area contributed by atoms with Gasteiger partial charge in [0.1, 0.15) is 0 Å². The van der Waals surface area contributed by atoms with Gasteiger partial charge in [0, 0.05) is 6.54 Å². The van der Waals surface area contributed by atoms with E-state index in [0.717, 1.165) is 18.4 Å². The van der Waals surface area contributed by atoms with Gasteiger partial charge in [-0.3, -0.25) is 4.79 Å². The van der Waals surface area contributed by atoms with Crippen molar-refractivity contribution < 1.29 is 13.2 Å². The van der Waals surface area contributed by atoms with Crippen LogP contribution < -0.4 is 16.2 Å². The molecule has 20 heavy (non-hydrogen) atoms. The van der Waals surface area contributed by atoms with E-state index in [1.165, 1.54) is 12.1 Å². The van der Waals surface area contributed by atoms with Crippen LogP contribution in [0.3, 0.4) is 0 Å². The van der Waals surface area contributed by atoms with Crippen LogP contribution >= 0.6 is 0 Å². The Bertz CT molecular complexity index is 540. The van der Waals surface area contributed by atoms with Crippen molar-refractivity contribution in [3.8, 4) is 0 Å². The molecule has 0 aliphatic heterocycles. The Morgan fingerprint density at radius 2 is 1.90 bits per heavy atom. The maximum Gasteiger partial charge on any atom is 0.238 e. The van der Waals surface area contributed by atoms with Crippen molar-refractivity contribution in [1.82, 2.24) is 5.32 Å². The number of nitrogens with two attached hydrogens (primary N) is 2. The first-order valence-electron chi connectivity index (χ1n) is 6.49. The van der Waals surface area contributed by atoms with E-state index in [0.29, 0.717) is 13.0 Å². The summed E-state index contributed by atoms with van der Waals surface area (Å²) in [7, 11) is -3.67. The van der Waals surface area contributed by atoms with Gasteiger partial charge in [-0.2, -0.15) is 0 Å². The molecule has 0 saturated carbocycles. The highest BCUT2D eigenvalue weighted by Crippen LogP contribution is 2.09. The van der Waals surface area contributed by atoms with Gasteiger partial charge in [-0.1, -0.05) is 31.9 Å². The fourth-order valence-electron chi connectivity index (χ4n) is 1.79. The number of primary amides is 1. The number of rotatable bonds is 8. The second kappa shape index (κ2) is 7.37. The summed E-state index contributed by atoms with van der Waals surface area (Å²) in [6.45, 7) is 2.49. The van der Waals surface area contributed by atoms with E-state index in [1.807, 2.05) is 6.92 Å². The highest BCUT2D eigenvalue weighted by molar-refractivity contribution is 7.89. The summed E-state index contributed by atoms with van der Waals surface area (Å²) in [6.07, 6.45) is 2.61. The number of primary sulfonamides is 1. The van der Waals surface area contributed by atoms with Gasteiger partial charge < -0.3 is 11.1 Å². The number of carbonyl (C=O) groups is 1. The van der Waals surface area contributed by atoms with Gasteiger partial charge in [0.2, 0.25) is 15.9 Å². The van der Waals surface area contributed by atoms with E-state index < -0.39 is 10.0 Å². The third-order valence-electron chi connectivity index (χ3n) is 2.99. The molecule has 0 radical (unpaired) electrons. The lowest BCUT2D eigenvalue weighted by Crippen LogP contribution is -2.40. The molecule has 1 atom stereocenters. The van der Waals surface area contributed by atoms with Crippen LogP contribution in [0.25, 0.3) is 0 Å². The number of hydrogen-bond acceptors (Lipinski definition) is 4. The average Bonchev–Trinajstić information content (AvgIpc) is 2.38. The van der Waals surface area contributed by atoms with E-state index >= 15 is 0 Å². The van der Waals surface area contributed by atoms with Crippen LogP contribution in [0.15, 0.2) is 29.2 Å². The molecule has 0 aliphatic rings. The van der Waals surface area contributed by atoms with Crippen molar-refractivity contribution in [2.24, 2.45) is 10.9 Å². The molecule has 0 saturated heterocycles. The normalized spacial score (nSPS) is 13.1. The second-order valence-electron chi connectivity index (χ2n) is 4.67. The van der Waals surface area contributed by atoms with Gasteiger partial charge in [-0.05, 0) is 24.1 Å². The molecule has 1 aromatic carbocycles. The summed E-state index contributed by atoms with van der Waals surface area (Å²) in [5.41, 5.74) is 6.19. The Hall–Kier alpha value is -1.44. The van der Waals surface area contributed by atoms with Crippen LogP contribution in [-0.2, 0) is 21.4 Å². The topological polar surface area (TPSA) is 115 Å². The van der Waals surface area contributed by atoms with E-state index in [4.69, 9.17) is 10.9 Å². The number of sulfonamides is 1. The van der Waals surface area contributed by atoms with E-state index in [9.17, 15) is 13.2 Å². The summed E-state index contributed by atoms with van der Waals surface area (Å²) < 4.78 is 22.2. The van der Waals surface area contributed by atoms with Crippen molar-refractivity contribution in [3.05, 3.63) is 29.8 Å². The largest absolute Gasteiger partial charge is 0.368 e. The molecule has 6 nitrogen and oxygen atoms in total. The van der Waals surface area contributed by atoms with Crippen molar-refractivity contribution in [1.29, 1.82) is 0 Å². The Kier molecular flexibility index (Phi) is 6.12. The number of unbranched alkanes of at least 4 members (excludes halogenated alkanes) is 1. The molecular formula is C13H21N3O3S. The number of benzene rings is 1. The van der Waals surface area contributed by atoms with Crippen LogP contribution in [0.4, 0.5) is 0 Å². The zero-order valence-corrected chi connectivity index (χ0v) is 12.3. The fourth-order valence-corrected chi connectivity index (χ4v) is 2.31. The van der Waals surface area contributed by atoms with Crippen LogP contribution in [-0.4, -0.2) is 20.4 Å². The van der Waals surface area contributed by atoms with E-state index in [1.54, 1.807) is 12.1 Å². The van der Waals surface area contributed by atoms with Gasteiger partial charge in [-0.25, -0.2) is 13.6 Å². The molecule has 0 spiro atoms. The number of nitrogens with one attached hydrogen (secondary N) is 1. The van der Waals surface area contributed by atoms with Crippen molar-refractivity contribution in [3.63, 3.8) is 0 Å². The minimum absolute atomic E-state index is 0.0682. The Morgan fingerprint density at radius 1 is 1.30 bits per heavy atom. The quantitative estimate of drug-likeness (QED) is 0.647. The van der Waals surface area contributed by atoms with Crippen molar-refractivity contribution in [2.45, 2.75) is 43.7 Å². The molecular weight excluding hydrogens is 278 g/mol. The Balaban J connectivity index is 2.62. The zero-order chi connectivity index (χ0) is 15.2. The first-order chi connectivity index (χ1) is 9.34. The number of amides is 1. The molecule has 0 aliphatic carbocycles. The molecule has 5 N–H and O–H groups in total. The lowest BCUT2D eigenvalue weighted by molar-refractivity contribution is -0.120. The van der Waals surface area contributed by atoms with E-state index in [2.05, 4.69) is 5.32 Å². The number of hydrogen-bond donors (Lipinski definition) is 3. The average molecular weight is 299 g/mol. The molecule has 1 unspecified atom stereocenters. The third-order valence-corrected chi connectivity index (χ3v) is 3.92. The molecule has 7 heteroatoms. The first kappa shape index (κ1) is 16.6. The monoisotopic (exact) mass is 299 g/mol. The SMILES string of the molecule is CCCCC(NCc1ccc(S(N)(=O)=O)cc1)C(N)=O. The fraction of sp³-hybridized carbons (Fsp3) is 0.462. The summed E-state index contributed by atoms with van der Waals surface area (Å²) in [5, 5.41) is 8.09. The lowest BCUT2D eigenvalue weighted by atomic mass is 10.1. The molecule has 1 rings (SSSR count). The summed E-state index contributed by atoms with van der Waals surface area (Å²) in [6, 6.07) is 5.83. The molecule has 1 aromatic rings. The Morgan fingerprint density at radius 3 is 2.35 bits per heavy atom. The highest BCUT2D eigenvalue weighted by atomic mass is 32.2. The molecule has 0 bridgehead atoms. The van der Waals surface area contributed by atoms with Gasteiger partial charge in [0.05, 0.1) is 10.9 Å². The molecule has 0 fully saturated rings. The van der Waals surface area contributed by atoms with Gasteiger partial charge >= 0.3 is 0 Å². The van der Waals surface area contributed by atoms with Gasteiger partial charge in [0.25, 0.3) is 0 Å². The predicted molar refractivity (Wildman–Crippen MR) is 77.2 cm³/mol. The van der Waals surface area contributed by atoms with Crippen LogP contribution in [0.5, 0.6) is 0 Å². The van der Waals surface area contributed by atoms with Gasteiger partial charge in [0.15, 0.2) is 0 Å². The maximum absolute atomic E-state index is 11.3. The van der Waals surface area contributed by atoms with Crippen molar-refractivity contribution in [2.75, 3.05) is 0 Å².